The molecule has 5 heteroatoms. The first-order chi connectivity index (χ1) is 9.13. The van der Waals surface area contributed by atoms with Gasteiger partial charge in [-0.05, 0) is 42.5 Å². The van der Waals surface area contributed by atoms with Crippen molar-refractivity contribution in [2.24, 2.45) is 0 Å². The maximum atomic E-state index is 13.1. The molecule has 0 saturated carbocycles. The number of carbonyl (C=O) groups excluding carboxylic acids is 1. The molecule has 0 radical (unpaired) electrons. The Kier molecular flexibility index (Phi) is 2.76. The Morgan fingerprint density at radius 2 is 1.89 bits per heavy atom. The summed E-state index contributed by atoms with van der Waals surface area (Å²) < 4.78 is 13.7. The van der Waals surface area contributed by atoms with Crippen LogP contribution in [0.4, 0.5) is 4.39 Å². The number of rotatable bonds is 2. The molecule has 0 bridgehead atoms. The number of halogens is 1. The zero-order chi connectivity index (χ0) is 13.4. The van der Waals surface area contributed by atoms with Crippen molar-refractivity contribution in [1.82, 2.24) is 4.98 Å². The first-order valence-corrected chi connectivity index (χ1v) is 6.35. The van der Waals surface area contributed by atoms with Crippen LogP contribution in [0.1, 0.15) is 15.4 Å². The van der Waals surface area contributed by atoms with Crippen LogP contribution in [0.15, 0.2) is 42.5 Å². The van der Waals surface area contributed by atoms with Gasteiger partial charge in [-0.1, -0.05) is 0 Å². The smallest absolute Gasteiger partial charge is 0.221 e. The third kappa shape index (κ3) is 2.20. The average molecular weight is 273 g/mol. The first-order valence-electron chi connectivity index (χ1n) is 5.53. The van der Waals surface area contributed by atoms with Gasteiger partial charge < -0.3 is 5.11 Å². The molecule has 2 aromatic carbocycles. The highest BCUT2D eigenvalue weighted by atomic mass is 32.1. The zero-order valence-corrected chi connectivity index (χ0v) is 10.4. The molecule has 3 nitrogen and oxygen atoms in total. The summed E-state index contributed by atoms with van der Waals surface area (Å²) in [5.41, 5.74) is 1.05. The summed E-state index contributed by atoms with van der Waals surface area (Å²) >= 11 is 1.16. The number of benzene rings is 2. The van der Waals surface area contributed by atoms with E-state index >= 15 is 0 Å². The summed E-state index contributed by atoms with van der Waals surface area (Å²) in [5.74, 6) is -0.482. The predicted molar refractivity (Wildman–Crippen MR) is 71.1 cm³/mol. The second-order valence-corrected chi connectivity index (χ2v) is 5.04. The summed E-state index contributed by atoms with van der Waals surface area (Å²) in [5, 5.41) is 9.50. The predicted octanol–water partition coefficient (Wildman–Crippen LogP) is 3.37. The number of ketones is 1. The Morgan fingerprint density at radius 3 is 2.63 bits per heavy atom. The minimum atomic E-state index is -0.347. The van der Waals surface area contributed by atoms with E-state index < -0.39 is 0 Å². The lowest BCUT2D eigenvalue weighted by atomic mass is 10.1. The molecule has 0 saturated heterocycles. The van der Waals surface area contributed by atoms with Crippen LogP contribution in [0.25, 0.3) is 10.2 Å². The second-order valence-electron chi connectivity index (χ2n) is 4.01. The number of hydrogen-bond donors (Lipinski definition) is 1. The van der Waals surface area contributed by atoms with E-state index in [1.165, 1.54) is 36.4 Å². The van der Waals surface area contributed by atoms with Crippen molar-refractivity contribution < 1.29 is 14.3 Å². The lowest BCUT2D eigenvalue weighted by Gasteiger charge is -1.96. The van der Waals surface area contributed by atoms with Crippen molar-refractivity contribution in [1.29, 1.82) is 0 Å². The first kappa shape index (κ1) is 11.8. The van der Waals surface area contributed by atoms with E-state index in [2.05, 4.69) is 4.98 Å². The summed E-state index contributed by atoms with van der Waals surface area (Å²) in [7, 11) is 0. The SMILES string of the molecule is O=C(c1ccc(O)cc1)c1nc2ccc(F)cc2s1. The highest BCUT2D eigenvalue weighted by Gasteiger charge is 2.14. The fraction of sp³-hybridized carbons (Fsp3) is 0. The van der Waals surface area contributed by atoms with Crippen LogP contribution in [0, 0.1) is 5.82 Å². The molecule has 0 aliphatic rings. The number of aromatic nitrogens is 1. The van der Waals surface area contributed by atoms with Gasteiger partial charge in [0, 0.05) is 5.56 Å². The quantitative estimate of drug-likeness (QED) is 0.728. The number of phenols is 1. The molecule has 0 aliphatic carbocycles. The Bertz CT molecular complexity index is 765. The molecule has 1 N–H and O–H groups in total. The van der Waals surface area contributed by atoms with E-state index in [0.29, 0.717) is 20.8 Å². The number of phenolic OH excluding ortho intramolecular Hbond substituents is 1. The minimum Gasteiger partial charge on any atom is -0.508 e. The standard InChI is InChI=1S/C14H8FNO2S/c15-9-3-6-11-12(7-9)19-14(16-11)13(18)8-1-4-10(17)5-2-8/h1-7,17H. The maximum absolute atomic E-state index is 13.1. The normalized spacial score (nSPS) is 10.8. The lowest BCUT2D eigenvalue weighted by molar-refractivity contribution is 0.103. The molecule has 3 rings (SSSR count). The van der Waals surface area contributed by atoms with Crippen molar-refractivity contribution >= 4 is 27.3 Å². The van der Waals surface area contributed by atoms with Crippen LogP contribution in [-0.4, -0.2) is 15.9 Å². The number of aromatic hydroxyl groups is 1. The average Bonchev–Trinajstić information content (AvgIpc) is 2.81. The molecule has 0 spiro atoms. The molecule has 3 aromatic rings. The van der Waals surface area contributed by atoms with Crippen molar-refractivity contribution in [2.75, 3.05) is 0 Å². The summed E-state index contributed by atoms with van der Waals surface area (Å²) in [4.78, 5) is 16.4. The topological polar surface area (TPSA) is 50.2 Å². The van der Waals surface area contributed by atoms with Gasteiger partial charge in [-0.15, -0.1) is 11.3 Å². The van der Waals surface area contributed by atoms with Crippen molar-refractivity contribution in [3.05, 3.63) is 58.9 Å². The summed E-state index contributed by atoms with van der Waals surface area (Å²) in [6.45, 7) is 0. The maximum Gasteiger partial charge on any atom is 0.221 e. The van der Waals surface area contributed by atoms with Crippen molar-refractivity contribution in [3.63, 3.8) is 0 Å². The molecule has 0 aliphatic heterocycles. The molecule has 0 fully saturated rings. The number of fused-ring (bicyclic) bond motifs is 1. The Hall–Kier alpha value is -2.27. The Morgan fingerprint density at radius 1 is 1.16 bits per heavy atom. The van der Waals surface area contributed by atoms with E-state index in [4.69, 9.17) is 0 Å². The van der Waals surface area contributed by atoms with Gasteiger partial charge >= 0.3 is 0 Å². The fourth-order valence-electron chi connectivity index (χ4n) is 1.73. The molecule has 0 atom stereocenters. The van der Waals surface area contributed by atoms with E-state index in [0.717, 1.165) is 11.3 Å². The lowest BCUT2D eigenvalue weighted by Crippen LogP contribution is -1.99. The number of hydrogen-bond acceptors (Lipinski definition) is 4. The Balaban J connectivity index is 2.04. The molecular formula is C14H8FNO2S. The summed E-state index contributed by atoms with van der Waals surface area (Å²) in [6, 6.07) is 10.2. The fourth-order valence-corrected chi connectivity index (χ4v) is 2.68. The monoisotopic (exact) mass is 273 g/mol. The van der Waals surface area contributed by atoms with Gasteiger partial charge in [-0.25, -0.2) is 9.37 Å². The highest BCUT2D eigenvalue weighted by molar-refractivity contribution is 7.20. The van der Waals surface area contributed by atoms with Crippen molar-refractivity contribution in [2.45, 2.75) is 0 Å². The van der Waals surface area contributed by atoms with Crippen LogP contribution in [-0.2, 0) is 0 Å². The van der Waals surface area contributed by atoms with Crippen molar-refractivity contribution in [3.8, 4) is 5.75 Å². The van der Waals surface area contributed by atoms with Gasteiger partial charge in [-0.2, -0.15) is 0 Å². The van der Waals surface area contributed by atoms with Crippen LogP contribution < -0.4 is 0 Å². The molecular weight excluding hydrogens is 265 g/mol. The van der Waals surface area contributed by atoms with Crippen LogP contribution in [0.2, 0.25) is 0 Å². The van der Waals surface area contributed by atoms with Gasteiger partial charge in [0.15, 0.2) is 5.01 Å². The molecule has 1 aromatic heterocycles. The summed E-state index contributed by atoms with van der Waals surface area (Å²) in [6.07, 6.45) is 0. The molecule has 1 heterocycles. The molecule has 19 heavy (non-hydrogen) atoms. The molecule has 94 valence electrons. The number of carbonyl (C=O) groups is 1. The zero-order valence-electron chi connectivity index (χ0n) is 9.63. The third-order valence-electron chi connectivity index (χ3n) is 2.67. The van der Waals surface area contributed by atoms with Crippen LogP contribution in [0.5, 0.6) is 5.75 Å². The van der Waals surface area contributed by atoms with Gasteiger partial charge in [0.05, 0.1) is 10.2 Å². The second kappa shape index (κ2) is 4.44. The molecule has 0 amide bonds. The van der Waals surface area contributed by atoms with E-state index in [-0.39, 0.29) is 17.3 Å². The van der Waals surface area contributed by atoms with E-state index in [1.54, 1.807) is 6.07 Å². The van der Waals surface area contributed by atoms with Gasteiger partial charge in [0.2, 0.25) is 5.78 Å². The van der Waals surface area contributed by atoms with E-state index in [9.17, 15) is 14.3 Å². The molecule has 0 unspecified atom stereocenters. The third-order valence-corrected chi connectivity index (χ3v) is 3.69. The number of thiazole rings is 1. The van der Waals surface area contributed by atoms with Gasteiger partial charge in [0.1, 0.15) is 11.6 Å². The van der Waals surface area contributed by atoms with Crippen LogP contribution >= 0.6 is 11.3 Å². The highest BCUT2D eigenvalue weighted by Crippen LogP contribution is 2.25. The van der Waals surface area contributed by atoms with Crippen LogP contribution in [0.3, 0.4) is 0 Å². The largest absolute Gasteiger partial charge is 0.508 e. The Labute approximate surface area is 112 Å². The van der Waals surface area contributed by atoms with Gasteiger partial charge in [-0.3, -0.25) is 4.79 Å². The van der Waals surface area contributed by atoms with Gasteiger partial charge in [0.25, 0.3) is 0 Å². The minimum absolute atomic E-state index is 0.0999. The number of nitrogens with zero attached hydrogens (tertiary/aromatic N) is 1. The van der Waals surface area contributed by atoms with E-state index in [1.807, 2.05) is 0 Å².